The molecule has 0 radical (unpaired) electrons. The number of carboxylic acids is 1. The van der Waals surface area contributed by atoms with E-state index in [1.54, 1.807) is 17.1 Å². The summed E-state index contributed by atoms with van der Waals surface area (Å²) in [7, 11) is 0. The minimum Gasteiger partial charge on any atom is -0.476 e. The fourth-order valence-electron chi connectivity index (χ4n) is 1.99. The number of pyridine rings is 1. The average Bonchev–Trinajstić information content (AvgIpc) is 2.73. The lowest BCUT2D eigenvalue weighted by atomic mass is 10.2. The second kappa shape index (κ2) is 5.60. The van der Waals surface area contributed by atoms with Crippen LogP contribution in [0.5, 0.6) is 0 Å². The van der Waals surface area contributed by atoms with Crippen LogP contribution in [-0.2, 0) is 13.0 Å². The van der Waals surface area contributed by atoms with Gasteiger partial charge in [0.25, 0.3) is 0 Å². The van der Waals surface area contributed by atoms with Gasteiger partial charge in [-0.1, -0.05) is 24.6 Å². The van der Waals surface area contributed by atoms with Crippen LogP contribution in [0, 0.1) is 6.92 Å². The van der Waals surface area contributed by atoms with Crippen molar-refractivity contribution in [3.63, 3.8) is 0 Å². The molecule has 100 valence electrons. The number of aromatic nitrogens is 4. The number of aryl methyl sites for hydroxylation is 1. The number of nitrogens with zero attached hydrogens (tertiary/aromatic N) is 4. The van der Waals surface area contributed by atoms with Crippen LogP contribution in [0.3, 0.4) is 0 Å². The summed E-state index contributed by atoms with van der Waals surface area (Å²) in [6, 6.07) is 2.00. The summed E-state index contributed by atoms with van der Waals surface area (Å²) in [5.41, 5.74) is 2.76. The largest absolute Gasteiger partial charge is 0.476 e. The van der Waals surface area contributed by atoms with Gasteiger partial charge in [0.15, 0.2) is 5.69 Å². The molecule has 0 atom stereocenters. The van der Waals surface area contributed by atoms with E-state index >= 15 is 0 Å². The molecule has 0 aliphatic rings. The zero-order chi connectivity index (χ0) is 13.8. The second-order valence-corrected chi connectivity index (χ2v) is 4.47. The first-order valence-electron chi connectivity index (χ1n) is 6.18. The van der Waals surface area contributed by atoms with E-state index < -0.39 is 5.97 Å². The number of hydrogen-bond donors (Lipinski definition) is 1. The van der Waals surface area contributed by atoms with Gasteiger partial charge in [-0.2, -0.15) is 0 Å². The molecule has 0 bridgehead atoms. The molecule has 19 heavy (non-hydrogen) atoms. The van der Waals surface area contributed by atoms with Crippen molar-refractivity contribution in [3.8, 4) is 0 Å². The predicted molar refractivity (Wildman–Crippen MR) is 69.1 cm³/mol. The fraction of sp³-hybridized carbons (Fsp3) is 0.385. The van der Waals surface area contributed by atoms with Crippen molar-refractivity contribution >= 4 is 5.97 Å². The third-order valence-corrected chi connectivity index (χ3v) is 2.79. The molecule has 6 heteroatoms. The SMILES string of the molecule is CCCc1c(C(=O)O)nnn1Cc1cncc(C)c1. The molecule has 0 saturated heterocycles. The van der Waals surface area contributed by atoms with E-state index in [4.69, 9.17) is 5.11 Å². The summed E-state index contributed by atoms with van der Waals surface area (Å²) in [4.78, 5) is 15.2. The number of carbonyl (C=O) groups is 1. The van der Waals surface area contributed by atoms with Crippen LogP contribution in [0.2, 0.25) is 0 Å². The van der Waals surface area contributed by atoms with Crippen molar-refractivity contribution < 1.29 is 9.90 Å². The van der Waals surface area contributed by atoms with Crippen LogP contribution in [0.15, 0.2) is 18.5 Å². The van der Waals surface area contributed by atoms with E-state index in [-0.39, 0.29) is 5.69 Å². The molecular weight excluding hydrogens is 244 g/mol. The Kier molecular flexibility index (Phi) is 3.89. The quantitative estimate of drug-likeness (QED) is 0.884. The van der Waals surface area contributed by atoms with Crippen LogP contribution in [-0.4, -0.2) is 31.1 Å². The summed E-state index contributed by atoms with van der Waals surface area (Å²) < 4.78 is 1.64. The van der Waals surface area contributed by atoms with Crippen LogP contribution < -0.4 is 0 Å². The van der Waals surface area contributed by atoms with Crippen molar-refractivity contribution in [2.45, 2.75) is 33.2 Å². The van der Waals surface area contributed by atoms with Gasteiger partial charge >= 0.3 is 5.97 Å². The lowest BCUT2D eigenvalue weighted by molar-refractivity contribution is 0.0689. The molecule has 0 unspecified atom stereocenters. The molecular formula is C13H16N4O2. The highest BCUT2D eigenvalue weighted by Gasteiger charge is 2.18. The molecule has 0 fully saturated rings. The topological polar surface area (TPSA) is 80.9 Å². The first-order chi connectivity index (χ1) is 9.11. The molecule has 2 rings (SSSR count). The standard InChI is InChI=1S/C13H16N4O2/c1-3-4-11-12(13(18)19)15-16-17(11)8-10-5-9(2)6-14-7-10/h5-7H,3-4,8H2,1-2H3,(H,18,19). The van der Waals surface area contributed by atoms with Crippen molar-refractivity contribution in [2.24, 2.45) is 0 Å². The first kappa shape index (κ1) is 13.2. The maximum Gasteiger partial charge on any atom is 0.358 e. The molecule has 6 nitrogen and oxygen atoms in total. The molecule has 2 aromatic heterocycles. The highest BCUT2D eigenvalue weighted by Crippen LogP contribution is 2.11. The lowest BCUT2D eigenvalue weighted by Crippen LogP contribution is -2.09. The number of rotatable bonds is 5. The molecule has 0 aliphatic carbocycles. The Labute approximate surface area is 111 Å². The third-order valence-electron chi connectivity index (χ3n) is 2.79. The zero-order valence-electron chi connectivity index (χ0n) is 11.0. The van der Waals surface area contributed by atoms with E-state index in [0.29, 0.717) is 18.7 Å². The predicted octanol–water partition coefficient (Wildman–Crippen LogP) is 1.68. The normalized spacial score (nSPS) is 10.6. The number of aromatic carboxylic acids is 1. The lowest BCUT2D eigenvalue weighted by Gasteiger charge is -2.06. The van der Waals surface area contributed by atoms with E-state index in [1.165, 1.54) is 0 Å². The highest BCUT2D eigenvalue weighted by molar-refractivity contribution is 5.86. The van der Waals surface area contributed by atoms with Gasteiger partial charge in [-0.25, -0.2) is 9.48 Å². The number of carboxylic acid groups (broad SMARTS) is 1. The average molecular weight is 260 g/mol. The van der Waals surface area contributed by atoms with Crippen molar-refractivity contribution in [2.75, 3.05) is 0 Å². The van der Waals surface area contributed by atoms with Gasteiger partial charge in [0.2, 0.25) is 0 Å². The second-order valence-electron chi connectivity index (χ2n) is 4.47. The summed E-state index contributed by atoms with van der Waals surface area (Å²) >= 11 is 0. The maximum atomic E-state index is 11.1. The molecule has 0 aliphatic heterocycles. The minimum absolute atomic E-state index is 0.0439. The van der Waals surface area contributed by atoms with Gasteiger partial charge < -0.3 is 5.11 Å². The third kappa shape index (κ3) is 2.96. The van der Waals surface area contributed by atoms with Gasteiger partial charge in [-0.05, 0) is 24.5 Å². The van der Waals surface area contributed by atoms with Crippen LogP contribution in [0.4, 0.5) is 0 Å². The van der Waals surface area contributed by atoms with Crippen LogP contribution in [0.1, 0.15) is 40.7 Å². The smallest absolute Gasteiger partial charge is 0.358 e. The van der Waals surface area contributed by atoms with Gasteiger partial charge in [-0.15, -0.1) is 5.10 Å². The summed E-state index contributed by atoms with van der Waals surface area (Å²) in [6.45, 7) is 4.45. The molecule has 0 saturated carbocycles. The van der Waals surface area contributed by atoms with Crippen LogP contribution >= 0.6 is 0 Å². The Bertz CT molecular complexity index is 592. The Morgan fingerprint density at radius 3 is 2.84 bits per heavy atom. The fourth-order valence-corrected chi connectivity index (χ4v) is 1.99. The first-order valence-corrected chi connectivity index (χ1v) is 6.18. The molecule has 1 N–H and O–H groups in total. The van der Waals surface area contributed by atoms with Gasteiger partial charge in [0.05, 0.1) is 12.2 Å². The highest BCUT2D eigenvalue weighted by atomic mass is 16.4. The van der Waals surface area contributed by atoms with Crippen molar-refractivity contribution in [1.29, 1.82) is 0 Å². The molecule has 2 aromatic rings. The van der Waals surface area contributed by atoms with Gasteiger partial charge in [0.1, 0.15) is 0 Å². The Morgan fingerprint density at radius 2 is 2.21 bits per heavy atom. The molecule has 2 heterocycles. The van der Waals surface area contributed by atoms with E-state index in [2.05, 4.69) is 15.3 Å². The van der Waals surface area contributed by atoms with Crippen molar-refractivity contribution in [3.05, 3.63) is 41.0 Å². The van der Waals surface area contributed by atoms with E-state index in [9.17, 15) is 4.79 Å². The van der Waals surface area contributed by atoms with E-state index in [0.717, 1.165) is 17.5 Å². The number of hydrogen-bond acceptors (Lipinski definition) is 4. The summed E-state index contributed by atoms with van der Waals surface area (Å²) in [5, 5.41) is 16.8. The van der Waals surface area contributed by atoms with Gasteiger partial charge in [0, 0.05) is 12.4 Å². The molecule has 0 amide bonds. The summed E-state index contributed by atoms with van der Waals surface area (Å²) in [6.07, 6.45) is 5.03. The molecule has 0 spiro atoms. The van der Waals surface area contributed by atoms with Gasteiger partial charge in [-0.3, -0.25) is 4.98 Å². The Balaban J connectivity index is 2.32. The van der Waals surface area contributed by atoms with Crippen LogP contribution in [0.25, 0.3) is 0 Å². The monoisotopic (exact) mass is 260 g/mol. The zero-order valence-corrected chi connectivity index (χ0v) is 11.0. The molecule has 0 aromatic carbocycles. The Morgan fingerprint density at radius 1 is 1.42 bits per heavy atom. The maximum absolute atomic E-state index is 11.1. The summed E-state index contributed by atoms with van der Waals surface area (Å²) in [5.74, 6) is -1.03. The van der Waals surface area contributed by atoms with E-state index in [1.807, 2.05) is 19.9 Å². The Hall–Kier alpha value is -2.24. The van der Waals surface area contributed by atoms with Crippen molar-refractivity contribution in [1.82, 2.24) is 20.0 Å². The minimum atomic E-state index is -1.03.